The fourth-order valence-electron chi connectivity index (χ4n) is 9.59. The van der Waals surface area contributed by atoms with E-state index in [-0.39, 0.29) is 30.1 Å². The molecule has 300 valence electrons. The molecule has 0 spiro atoms. The Balaban J connectivity index is 1.13. The molecule has 0 bridgehead atoms. The molecule has 0 radical (unpaired) electrons. The minimum atomic E-state index is -1.58. The number of rotatable bonds is 12. The van der Waals surface area contributed by atoms with Crippen molar-refractivity contribution in [1.29, 1.82) is 0 Å². The highest BCUT2D eigenvalue weighted by molar-refractivity contribution is 6.33. The highest BCUT2D eigenvalue weighted by atomic mass is 35.5. The molecule has 4 aliphatic rings. The maximum atomic E-state index is 14.3. The number of nitrogens with zero attached hydrogens (tertiary/aromatic N) is 2. The lowest BCUT2D eigenvalue weighted by Gasteiger charge is -2.56. The van der Waals surface area contributed by atoms with Crippen molar-refractivity contribution in [1.82, 2.24) is 10.2 Å². The summed E-state index contributed by atoms with van der Waals surface area (Å²) >= 11 is 6.50. The SMILES string of the molecule is CC(=O)O[C@@H]1C(C)=C[C@@H]2[C@H](C(C)CN(CCOc3ccccc3)Cc3ccccc3)CC[C@@H](C)[C@]2(O)[C@H]1OC(=O)[C@@H]1C[C@@]2(O)c3cccc(Cl)c3N(C)O[C@H]2N1. The Labute approximate surface area is 334 Å². The molecule has 12 heteroatoms. The number of nitrogens with one attached hydrogen (secondary N) is 1. The van der Waals surface area contributed by atoms with Crippen molar-refractivity contribution >= 4 is 29.2 Å². The van der Waals surface area contributed by atoms with Crippen molar-refractivity contribution in [2.45, 2.75) is 89.2 Å². The van der Waals surface area contributed by atoms with Gasteiger partial charge in [0.25, 0.3) is 0 Å². The van der Waals surface area contributed by atoms with Gasteiger partial charge in [0.15, 0.2) is 18.4 Å². The lowest BCUT2D eigenvalue weighted by Crippen LogP contribution is -2.66. The van der Waals surface area contributed by atoms with Gasteiger partial charge >= 0.3 is 11.9 Å². The number of aliphatic hydroxyl groups is 2. The summed E-state index contributed by atoms with van der Waals surface area (Å²) in [6, 6.07) is 24.4. The van der Waals surface area contributed by atoms with Crippen molar-refractivity contribution < 1.29 is 38.9 Å². The highest BCUT2D eigenvalue weighted by Gasteiger charge is 2.62. The van der Waals surface area contributed by atoms with E-state index < -0.39 is 47.6 Å². The number of hydrogen-bond donors (Lipinski definition) is 3. The van der Waals surface area contributed by atoms with Gasteiger partial charge in [0.05, 0.1) is 10.7 Å². The summed E-state index contributed by atoms with van der Waals surface area (Å²) in [5.74, 6) is -0.923. The summed E-state index contributed by atoms with van der Waals surface area (Å²) in [4.78, 5) is 35.2. The zero-order valence-corrected chi connectivity index (χ0v) is 33.5. The molecule has 1 saturated carbocycles. The Morgan fingerprint density at radius 1 is 1.04 bits per heavy atom. The number of benzene rings is 3. The lowest BCUT2D eigenvalue weighted by atomic mass is 9.55. The first-order chi connectivity index (χ1) is 26.8. The standard InChI is InChI=1S/C44H54ClN3O8/c1-27-23-35-33(28(2)25-48(26-31-13-8-6-9-14-31)21-22-53-32-15-10-7-11-16-32)20-19-29(3)44(35,52)40(39(27)54-30(4)49)55-41(50)37-24-43(51)34-17-12-18-36(45)38(34)47(5)56-42(43)46-37/h6-18,23,28-29,33,35,37,39-40,42,46,51-52H,19-22,24-26H2,1-5H3/t28?,29-,33+,35-,37+,39-,40+,42-,43-,44-/m1/s1. The van der Waals surface area contributed by atoms with Gasteiger partial charge in [-0.2, -0.15) is 0 Å². The van der Waals surface area contributed by atoms with Gasteiger partial charge in [-0.05, 0) is 66.9 Å². The Hall–Kier alpha value is -3.97. The van der Waals surface area contributed by atoms with Crippen LogP contribution >= 0.6 is 11.6 Å². The van der Waals surface area contributed by atoms with E-state index in [4.69, 9.17) is 30.6 Å². The van der Waals surface area contributed by atoms with E-state index >= 15 is 0 Å². The maximum absolute atomic E-state index is 14.3. The molecule has 1 unspecified atom stereocenters. The van der Waals surface area contributed by atoms with Crippen LogP contribution in [0.1, 0.15) is 58.1 Å². The highest BCUT2D eigenvalue weighted by Crippen LogP contribution is 2.53. The Bertz CT molecular complexity index is 1900. The van der Waals surface area contributed by atoms with Crippen molar-refractivity contribution in [3.8, 4) is 5.75 Å². The van der Waals surface area contributed by atoms with Crippen molar-refractivity contribution in [3.63, 3.8) is 0 Å². The lowest BCUT2D eigenvalue weighted by molar-refractivity contribution is -0.225. The number of hydroxylamine groups is 1. The van der Waals surface area contributed by atoms with Gasteiger partial charge in [-0.15, -0.1) is 0 Å². The van der Waals surface area contributed by atoms with Crippen LogP contribution in [-0.2, 0) is 36.0 Å². The van der Waals surface area contributed by atoms with Crippen LogP contribution in [0, 0.1) is 23.7 Å². The van der Waals surface area contributed by atoms with Crippen LogP contribution in [0.4, 0.5) is 5.69 Å². The summed E-state index contributed by atoms with van der Waals surface area (Å²) in [7, 11) is 1.69. The molecule has 0 aromatic heterocycles. The number of anilines is 1. The Morgan fingerprint density at radius 2 is 1.75 bits per heavy atom. The minimum absolute atomic E-state index is 0.0253. The topological polar surface area (TPSA) is 130 Å². The summed E-state index contributed by atoms with van der Waals surface area (Å²) < 4.78 is 18.3. The number of carbonyl (C=O) groups excluding carboxylic acids is 2. The van der Waals surface area contributed by atoms with E-state index in [2.05, 4.69) is 29.3 Å². The number of ether oxygens (including phenoxy) is 3. The second kappa shape index (κ2) is 16.5. The summed E-state index contributed by atoms with van der Waals surface area (Å²) in [6.45, 7) is 10.1. The van der Waals surface area contributed by atoms with Crippen molar-refractivity contribution in [2.24, 2.45) is 23.7 Å². The molecule has 56 heavy (non-hydrogen) atoms. The third kappa shape index (κ3) is 7.82. The molecule has 3 aromatic rings. The second-order valence-electron chi connectivity index (χ2n) is 16.2. The first kappa shape index (κ1) is 40.2. The quantitative estimate of drug-likeness (QED) is 0.148. The molecule has 1 saturated heterocycles. The van der Waals surface area contributed by atoms with Gasteiger partial charge in [-0.1, -0.05) is 92.2 Å². The number of hydrogen-bond acceptors (Lipinski definition) is 11. The third-order valence-corrected chi connectivity index (χ3v) is 12.7. The number of halogens is 1. The molecule has 10 atom stereocenters. The zero-order valence-electron chi connectivity index (χ0n) is 32.8. The monoisotopic (exact) mass is 787 g/mol. The van der Waals surface area contributed by atoms with Crippen LogP contribution in [0.15, 0.2) is 90.5 Å². The average molecular weight is 788 g/mol. The van der Waals surface area contributed by atoms with Crippen LogP contribution in [0.25, 0.3) is 0 Å². The molecule has 0 amide bonds. The molecule has 2 fully saturated rings. The van der Waals surface area contributed by atoms with Crippen molar-refractivity contribution in [2.75, 3.05) is 31.8 Å². The van der Waals surface area contributed by atoms with E-state index in [0.29, 0.717) is 35.8 Å². The Morgan fingerprint density at radius 3 is 2.46 bits per heavy atom. The summed E-state index contributed by atoms with van der Waals surface area (Å²) in [5, 5.41) is 30.0. The molecular formula is C44H54ClN3O8. The first-order valence-electron chi connectivity index (χ1n) is 19.7. The molecule has 11 nitrogen and oxygen atoms in total. The Kier molecular flexibility index (Phi) is 11.8. The number of esters is 2. The van der Waals surface area contributed by atoms with Gasteiger partial charge < -0.3 is 24.4 Å². The van der Waals surface area contributed by atoms with Crippen LogP contribution in [0.3, 0.4) is 0 Å². The van der Waals surface area contributed by atoms with E-state index in [0.717, 1.165) is 30.8 Å². The summed E-state index contributed by atoms with van der Waals surface area (Å²) in [5.41, 5.74) is -0.157. The predicted molar refractivity (Wildman–Crippen MR) is 213 cm³/mol. The smallest absolute Gasteiger partial charge is 0.323 e. The molecule has 2 aliphatic carbocycles. The zero-order chi connectivity index (χ0) is 39.8. The molecule has 3 aromatic carbocycles. The van der Waals surface area contributed by atoms with Gasteiger partial charge in [0, 0.05) is 51.5 Å². The average Bonchev–Trinajstić information content (AvgIpc) is 3.52. The van der Waals surface area contributed by atoms with E-state index in [1.165, 1.54) is 17.6 Å². The van der Waals surface area contributed by atoms with E-state index in [1.807, 2.05) is 68.5 Å². The van der Waals surface area contributed by atoms with Gasteiger partial charge in [-0.25, -0.2) is 0 Å². The van der Waals surface area contributed by atoms with Crippen LogP contribution < -0.4 is 15.1 Å². The molecule has 7 rings (SSSR count). The largest absolute Gasteiger partial charge is 0.492 e. The predicted octanol–water partition coefficient (Wildman–Crippen LogP) is 6.01. The van der Waals surface area contributed by atoms with E-state index in [9.17, 15) is 19.8 Å². The normalized spacial score (nSPS) is 31.4. The maximum Gasteiger partial charge on any atom is 0.323 e. The van der Waals surface area contributed by atoms with Crippen LogP contribution in [0.2, 0.25) is 5.02 Å². The van der Waals surface area contributed by atoms with Gasteiger partial charge in [0.2, 0.25) is 0 Å². The number of carbonyl (C=O) groups is 2. The number of fused-ring (bicyclic) bond motifs is 4. The number of para-hydroxylation sites is 2. The molecule has 3 N–H and O–H groups in total. The van der Waals surface area contributed by atoms with Crippen LogP contribution in [0.5, 0.6) is 5.75 Å². The fourth-order valence-corrected chi connectivity index (χ4v) is 9.88. The van der Waals surface area contributed by atoms with Crippen molar-refractivity contribution in [3.05, 3.63) is 107 Å². The first-order valence-corrected chi connectivity index (χ1v) is 20.1. The van der Waals surface area contributed by atoms with Gasteiger partial charge in [0.1, 0.15) is 29.6 Å². The van der Waals surface area contributed by atoms with Gasteiger partial charge in [-0.3, -0.25) is 29.7 Å². The summed E-state index contributed by atoms with van der Waals surface area (Å²) in [6.07, 6.45) is 0.399. The minimum Gasteiger partial charge on any atom is -0.492 e. The fraction of sp³-hybridized carbons (Fsp3) is 0.500. The van der Waals surface area contributed by atoms with Crippen LogP contribution in [-0.4, -0.2) is 83.9 Å². The molecule has 2 heterocycles. The molecular weight excluding hydrogens is 734 g/mol. The third-order valence-electron chi connectivity index (χ3n) is 12.4. The van der Waals surface area contributed by atoms with E-state index in [1.54, 1.807) is 25.2 Å². The molecule has 2 aliphatic heterocycles. The second-order valence-corrected chi connectivity index (χ2v) is 16.6.